The first kappa shape index (κ1) is 10.2. The Hall–Kier alpha value is -1.34. The molecule has 80 valence electrons. The second-order valence-electron chi connectivity index (χ2n) is 3.13. The molecular weight excluding hydrogens is 216 g/mol. The molecule has 0 bridgehead atoms. The van der Waals surface area contributed by atoms with Crippen LogP contribution in [-0.4, -0.2) is 36.9 Å². The van der Waals surface area contributed by atoms with Crippen molar-refractivity contribution in [3.63, 3.8) is 0 Å². The number of nitrogens with one attached hydrogen (secondary N) is 2. The normalized spacial score (nSPS) is 13.2. The van der Waals surface area contributed by atoms with Gasteiger partial charge in [-0.3, -0.25) is 4.79 Å². The maximum Gasteiger partial charge on any atom is 0.276 e. The zero-order chi connectivity index (χ0) is 10.8. The van der Waals surface area contributed by atoms with Gasteiger partial charge in [0.1, 0.15) is 0 Å². The molecule has 1 atom stereocenters. The van der Waals surface area contributed by atoms with Gasteiger partial charge in [0.2, 0.25) is 0 Å². The highest BCUT2D eigenvalue weighted by Gasteiger charge is 2.07. The third-order valence-electron chi connectivity index (χ3n) is 1.73. The van der Waals surface area contributed by atoms with E-state index < -0.39 is 6.10 Å². The second-order valence-corrected chi connectivity index (χ2v) is 4.14. The van der Waals surface area contributed by atoms with Gasteiger partial charge in [0.15, 0.2) is 16.3 Å². The Kier molecular flexibility index (Phi) is 2.74. The molecule has 0 aliphatic carbocycles. The molecule has 2 heterocycles. The molecule has 0 aliphatic rings. The van der Waals surface area contributed by atoms with Crippen LogP contribution in [0.4, 0.5) is 0 Å². The molecule has 0 aromatic carbocycles. The predicted octanol–water partition coefficient (Wildman–Crippen LogP) is 0.119. The van der Waals surface area contributed by atoms with E-state index in [0.717, 1.165) is 0 Å². The molecule has 2 aromatic heterocycles. The molecule has 2 aromatic rings. The average molecular weight is 226 g/mol. The Balaban J connectivity index is 2.31. The van der Waals surface area contributed by atoms with Gasteiger partial charge in [-0.2, -0.15) is 0 Å². The molecule has 15 heavy (non-hydrogen) atoms. The summed E-state index contributed by atoms with van der Waals surface area (Å²) in [6.07, 6.45) is 0.906. The number of aromatic nitrogens is 4. The van der Waals surface area contributed by atoms with E-state index in [2.05, 4.69) is 19.9 Å². The van der Waals surface area contributed by atoms with E-state index in [-0.39, 0.29) is 5.56 Å². The lowest BCUT2D eigenvalue weighted by atomic mass is 10.5. The summed E-state index contributed by atoms with van der Waals surface area (Å²) in [7, 11) is 0. The molecule has 0 amide bonds. The first-order valence-corrected chi connectivity index (χ1v) is 5.39. The predicted molar refractivity (Wildman–Crippen MR) is 56.9 cm³/mol. The molecule has 6 nitrogen and oxygen atoms in total. The highest BCUT2D eigenvalue weighted by Crippen LogP contribution is 2.16. The van der Waals surface area contributed by atoms with Crippen LogP contribution in [0.25, 0.3) is 11.2 Å². The van der Waals surface area contributed by atoms with Crippen LogP contribution < -0.4 is 5.56 Å². The molecule has 0 aliphatic heterocycles. The van der Waals surface area contributed by atoms with Gasteiger partial charge in [0.25, 0.3) is 5.56 Å². The number of thioether (sulfide) groups is 1. The number of nitrogens with zero attached hydrogens (tertiary/aromatic N) is 2. The van der Waals surface area contributed by atoms with Crippen LogP contribution in [0.2, 0.25) is 0 Å². The molecule has 0 unspecified atom stereocenters. The van der Waals surface area contributed by atoms with Crippen LogP contribution in [0.5, 0.6) is 0 Å². The fourth-order valence-corrected chi connectivity index (χ4v) is 1.81. The van der Waals surface area contributed by atoms with Crippen molar-refractivity contribution in [2.45, 2.75) is 18.2 Å². The van der Waals surface area contributed by atoms with Crippen LogP contribution in [-0.2, 0) is 0 Å². The van der Waals surface area contributed by atoms with Crippen molar-refractivity contribution in [1.82, 2.24) is 19.9 Å². The summed E-state index contributed by atoms with van der Waals surface area (Å²) in [5.41, 5.74) is 0.522. The minimum Gasteiger partial charge on any atom is -0.393 e. The van der Waals surface area contributed by atoms with E-state index in [1.807, 2.05) is 0 Å². The fraction of sp³-hybridized carbons (Fsp3) is 0.375. The molecule has 3 N–H and O–H groups in total. The molecule has 0 saturated heterocycles. The van der Waals surface area contributed by atoms with Crippen molar-refractivity contribution in [3.8, 4) is 0 Å². The summed E-state index contributed by atoms with van der Waals surface area (Å²) in [6, 6.07) is 0. The van der Waals surface area contributed by atoms with Crippen molar-refractivity contribution in [2.24, 2.45) is 0 Å². The van der Waals surface area contributed by atoms with Crippen LogP contribution in [0.3, 0.4) is 0 Å². The monoisotopic (exact) mass is 226 g/mol. The largest absolute Gasteiger partial charge is 0.393 e. The number of fused-ring (bicyclic) bond motifs is 1. The van der Waals surface area contributed by atoms with Gasteiger partial charge in [-0.1, -0.05) is 11.8 Å². The smallest absolute Gasteiger partial charge is 0.276 e. The zero-order valence-electron chi connectivity index (χ0n) is 8.02. The molecule has 0 saturated carbocycles. The first-order chi connectivity index (χ1) is 7.16. The molecular formula is C8H10N4O2S. The quantitative estimate of drug-likeness (QED) is 0.646. The van der Waals surface area contributed by atoms with Crippen molar-refractivity contribution < 1.29 is 5.11 Å². The Morgan fingerprint density at radius 3 is 3.13 bits per heavy atom. The molecule has 7 heteroatoms. The number of imidazole rings is 1. The van der Waals surface area contributed by atoms with Gasteiger partial charge in [-0.05, 0) is 6.92 Å². The second kappa shape index (κ2) is 4.03. The molecule has 2 rings (SSSR count). The number of hydrogen-bond acceptors (Lipinski definition) is 5. The van der Waals surface area contributed by atoms with E-state index in [1.54, 1.807) is 6.92 Å². The summed E-state index contributed by atoms with van der Waals surface area (Å²) in [5.74, 6) is 0.526. The standard InChI is InChI=1S/C8H10N4O2S/c1-4(13)2-15-8-11-5-6(12-8)9-3-10-7(5)14/h3-4,13H,2H2,1H3,(H2,9,10,11,12,14)/t4-/m1/s1. The van der Waals surface area contributed by atoms with E-state index in [4.69, 9.17) is 5.11 Å². The zero-order valence-corrected chi connectivity index (χ0v) is 8.84. The summed E-state index contributed by atoms with van der Waals surface area (Å²) in [5, 5.41) is 9.69. The van der Waals surface area contributed by atoms with Crippen molar-refractivity contribution in [2.75, 3.05) is 5.75 Å². The van der Waals surface area contributed by atoms with Gasteiger partial charge in [0.05, 0.1) is 12.4 Å². The van der Waals surface area contributed by atoms with Crippen molar-refractivity contribution in [1.29, 1.82) is 0 Å². The number of H-pyrrole nitrogens is 2. The Morgan fingerprint density at radius 2 is 2.47 bits per heavy atom. The summed E-state index contributed by atoms with van der Waals surface area (Å²) in [4.78, 5) is 24.6. The summed E-state index contributed by atoms with van der Waals surface area (Å²) >= 11 is 1.35. The van der Waals surface area contributed by atoms with E-state index in [9.17, 15) is 4.79 Å². The fourth-order valence-electron chi connectivity index (χ4n) is 1.09. The number of hydrogen-bond donors (Lipinski definition) is 3. The summed E-state index contributed by atoms with van der Waals surface area (Å²) < 4.78 is 0. The van der Waals surface area contributed by atoms with Crippen LogP contribution in [0.15, 0.2) is 16.3 Å². The van der Waals surface area contributed by atoms with Crippen LogP contribution in [0, 0.1) is 0 Å². The Bertz CT molecular complexity index is 519. The minimum absolute atomic E-state index is 0.239. The lowest BCUT2D eigenvalue weighted by Crippen LogP contribution is -2.05. The van der Waals surface area contributed by atoms with E-state index in [1.165, 1.54) is 18.1 Å². The molecule has 0 spiro atoms. The number of rotatable bonds is 3. The number of aliphatic hydroxyl groups excluding tert-OH is 1. The lowest BCUT2D eigenvalue weighted by Gasteiger charge is -1.99. The highest BCUT2D eigenvalue weighted by atomic mass is 32.2. The minimum atomic E-state index is -0.408. The summed E-state index contributed by atoms with van der Waals surface area (Å²) in [6.45, 7) is 1.70. The maximum atomic E-state index is 11.3. The third kappa shape index (κ3) is 2.18. The van der Waals surface area contributed by atoms with Gasteiger partial charge in [-0.25, -0.2) is 9.97 Å². The first-order valence-electron chi connectivity index (χ1n) is 4.41. The number of aliphatic hydroxyl groups is 1. The Morgan fingerprint density at radius 1 is 1.67 bits per heavy atom. The molecule has 0 radical (unpaired) electrons. The lowest BCUT2D eigenvalue weighted by molar-refractivity contribution is 0.220. The van der Waals surface area contributed by atoms with Crippen LogP contribution in [0.1, 0.15) is 6.92 Å². The average Bonchev–Trinajstić information content (AvgIpc) is 2.59. The third-order valence-corrected chi connectivity index (χ3v) is 2.85. The van der Waals surface area contributed by atoms with Gasteiger partial charge in [0, 0.05) is 5.75 Å². The van der Waals surface area contributed by atoms with Crippen molar-refractivity contribution in [3.05, 3.63) is 16.7 Å². The van der Waals surface area contributed by atoms with Crippen molar-refractivity contribution >= 4 is 22.9 Å². The van der Waals surface area contributed by atoms with Gasteiger partial charge in [-0.15, -0.1) is 0 Å². The Labute approximate surface area is 89.2 Å². The highest BCUT2D eigenvalue weighted by molar-refractivity contribution is 7.99. The SMILES string of the molecule is C[C@@H](O)CSc1nc2nc[nH]c(=O)c2[nH]1. The maximum absolute atomic E-state index is 11.3. The van der Waals surface area contributed by atoms with Gasteiger partial charge >= 0.3 is 0 Å². The van der Waals surface area contributed by atoms with E-state index >= 15 is 0 Å². The number of aromatic amines is 2. The van der Waals surface area contributed by atoms with E-state index in [0.29, 0.717) is 22.1 Å². The van der Waals surface area contributed by atoms with Crippen LogP contribution >= 0.6 is 11.8 Å². The van der Waals surface area contributed by atoms with Gasteiger partial charge < -0.3 is 15.1 Å². The topological polar surface area (TPSA) is 94.7 Å². The molecule has 0 fully saturated rings.